The molecule has 0 aliphatic heterocycles. The molecule has 0 fully saturated rings. The van der Waals surface area contributed by atoms with E-state index in [4.69, 9.17) is 9.47 Å². The van der Waals surface area contributed by atoms with Gasteiger partial charge in [-0.1, -0.05) is 25.6 Å². The van der Waals surface area contributed by atoms with Crippen LogP contribution in [0.5, 0.6) is 11.5 Å². The van der Waals surface area contributed by atoms with E-state index in [0.717, 1.165) is 24.6 Å². The molecule has 0 heterocycles. The number of methoxy groups -OCH3 is 1. The van der Waals surface area contributed by atoms with Crippen LogP contribution in [0, 0.1) is 0 Å². The summed E-state index contributed by atoms with van der Waals surface area (Å²) >= 11 is 0. The van der Waals surface area contributed by atoms with Crippen LogP contribution in [0.15, 0.2) is 30.9 Å². The monoisotopic (exact) mass is 221 g/mol. The molecule has 0 radical (unpaired) electrons. The Labute approximate surface area is 97.1 Å². The summed E-state index contributed by atoms with van der Waals surface area (Å²) < 4.78 is 10.7. The SMILES string of the molecule is C=CCOc1cc(CNCC)ccc1OC. The Morgan fingerprint density at radius 3 is 2.81 bits per heavy atom. The van der Waals surface area contributed by atoms with Crippen LogP contribution in [-0.4, -0.2) is 20.3 Å². The molecular formula is C13H19NO2. The molecule has 1 N–H and O–H groups in total. The fraction of sp³-hybridized carbons (Fsp3) is 0.385. The van der Waals surface area contributed by atoms with Gasteiger partial charge in [0.05, 0.1) is 7.11 Å². The van der Waals surface area contributed by atoms with Gasteiger partial charge in [0, 0.05) is 6.54 Å². The second-order valence-electron chi connectivity index (χ2n) is 3.37. The van der Waals surface area contributed by atoms with Crippen LogP contribution in [0.3, 0.4) is 0 Å². The first-order valence-electron chi connectivity index (χ1n) is 5.43. The molecule has 16 heavy (non-hydrogen) atoms. The van der Waals surface area contributed by atoms with Crippen LogP contribution >= 0.6 is 0 Å². The minimum Gasteiger partial charge on any atom is -0.493 e. The lowest BCUT2D eigenvalue weighted by Gasteiger charge is -2.11. The molecule has 88 valence electrons. The minimum absolute atomic E-state index is 0.487. The van der Waals surface area contributed by atoms with Crippen molar-refractivity contribution in [1.29, 1.82) is 0 Å². The van der Waals surface area contributed by atoms with Crippen LogP contribution in [0.1, 0.15) is 12.5 Å². The van der Waals surface area contributed by atoms with E-state index in [9.17, 15) is 0 Å². The van der Waals surface area contributed by atoms with Gasteiger partial charge in [0.15, 0.2) is 11.5 Å². The van der Waals surface area contributed by atoms with Gasteiger partial charge in [-0.05, 0) is 24.2 Å². The summed E-state index contributed by atoms with van der Waals surface area (Å²) in [5.41, 5.74) is 1.18. The second kappa shape index (κ2) is 6.90. The largest absolute Gasteiger partial charge is 0.493 e. The summed E-state index contributed by atoms with van der Waals surface area (Å²) in [4.78, 5) is 0. The zero-order valence-electron chi connectivity index (χ0n) is 9.95. The van der Waals surface area contributed by atoms with E-state index in [-0.39, 0.29) is 0 Å². The molecule has 0 aliphatic carbocycles. The van der Waals surface area contributed by atoms with Gasteiger partial charge in [0.25, 0.3) is 0 Å². The van der Waals surface area contributed by atoms with Crippen LogP contribution in [0.4, 0.5) is 0 Å². The summed E-state index contributed by atoms with van der Waals surface area (Å²) in [5.74, 6) is 1.51. The van der Waals surface area contributed by atoms with Crippen LogP contribution in [0.25, 0.3) is 0 Å². The molecule has 0 unspecified atom stereocenters. The smallest absolute Gasteiger partial charge is 0.161 e. The minimum atomic E-state index is 0.487. The Morgan fingerprint density at radius 1 is 1.38 bits per heavy atom. The van der Waals surface area contributed by atoms with E-state index in [1.54, 1.807) is 13.2 Å². The zero-order valence-corrected chi connectivity index (χ0v) is 9.95. The maximum absolute atomic E-state index is 5.53. The number of hydrogen-bond acceptors (Lipinski definition) is 3. The Bertz CT molecular complexity index is 337. The zero-order chi connectivity index (χ0) is 11.8. The lowest BCUT2D eigenvalue weighted by Crippen LogP contribution is -2.11. The van der Waals surface area contributed by atoms with Crippen LogP contribution in [0.2, 0.25) is 0 Å². The van der Waals surface area contributed by atoms with Gasteiger partial charge in [-0.15, -0.1) is 0 Å². The van der Waals surface area contributed by atoms with Crippen LogP contribution < -0.4 is 14.8 Å². The van der Waals surface area contributed by atoms with Gasteiger partial charge in [0.2, 0.25) is 0 Å². The van der Waals surface area contributed by atoms with Gasteiger partial charge in [0.1, 0.15) is 6.61 Å². The molecule has 0 aliphatic rings. The standard InChI is InChI=1S/C13H19NO2/c1-4-8-16-13-9-11(10-14-5-2)6-7-12(13)15-3/h4,6-7,9,14H,1,5,8,10H2,2-3H3. The van der Waals surface area contributed by atoms with Gasteiger partial charge < -0.3 is 14.8 Å². The number of rotatable bonds is 7. The summed E-state index contributed by atoms with van der Waals surface area (Å²) in [5, 5.41) is 3.27. The third kappa shape index (κ3) is 3.59. The maximum atomic E-state index is 5.53. The molecule has 1 aromatic rings. The third-order valence-corrected chi connectivity index (χ3v) is 2.16. The molecule has 0 bridgehead atoms. The lowest BCUT2D eigenvalue weighted by atomic mass is 10.2. The fourth-order valence-electron chi connectivity index (χ4n) is 1.36. The molecule has 3 heteroatoms. The average Bonchev–Trinajstić information content (AvgIpc) is 2.33. The molecule has 3 nitrogen and oxygen atoms in total. The van der Waals surface area contributed by atoms with E-state index in [1.807, 2.05) is 18.2 Å². The highest BCUT2D eigenvalue weighted by Crippen LogP contribution is 2.27. The van der Waals surface area contributed by atoms with E-state index in [1.165, 1.54) is 5.56 Å². The van der Waals surface area contributed by atoms with E-state index >= 15 is 0 Å². The number of ether oxygens (including phenoxy) is 2. The molecule has 0 saturated heterocycles. The van der Waals surface area contributed by atoms with Crippen molar-refractivity contribution in [2.75, 3.05) is 20.3 Å². The van der Waals surface area contributed by atoms with Gasteiger partial charge in [-0.3, -0.25) is 0 Å². The summed E-state index contributed by atoms with van der Waals surface area (Å²) in [6.07, 6.45) is 1.72. The van der Waals surface area contributed by atoms with Crippen molar-refractivity contribution in [2.24, 2.45) is 0 Å². The second-order valence-corrected chi connectivity index (χ2v) is 3.37. The lowest BCUT2D eigenvalue weighted by molar-refractivity contribution is 0.326. The molecular weight excluding hydrogens is 202 g/mol. The van der Waals surface area contributed by atoms with Gasteiger partial charge in [-0.25, -0.2) is 0 Å². The normalized spacial score (nSPS) is 9.88. The van der Waals surface area contributed by atoms with Crippen molar-refractivity contribution >= 4 is 0 Å². The number of benzene rings is 1. The predicted molar refractivity (Wildman–Crippen MR) is 66.1 cm³/mol. The third-order valence-electron chi connectivity index (χ3n) is 2.16. The predicted octanol–water partition coefficient (Wildman–Crippen LogP) is 2.37. The average molecular weight is 221 g/mol. The van der Waals surface area contributed by atoms with Crippen molar-refractivity contribution in [2.45, 2.75) is 13.5 Å². The summed E-state index contributed by atoms with van der Waals surface area (Å²) in [7, 11) is 1.64. The van der Waals surface area contributed by atoms with Gasteiger partial charge >= 0.3 is 0 Å². The summed E-state index contributed by atoms with van der Waals surface area (Å²) in [6, 6.07) is 5.94. The molecule has 1 aromatic carbocycles. The van der Waals surface area contributed by atoms with E-state index in [2.05, 4.69) is 18.8 Å². The van der Waals surface area contributed by atoms with Crippen LogP contribution in [-0.2, 0) is 6.54 Å². The van der Waals surface area contributed by atoms with E-state index < -0.39 is 0 Å². The molecule has 0 saturated carbocycles. The topological polar surface area (TPSA) is 30.5 Å². The van der Waals surface area contributed by atoms with Crippen molar-refractivity contribution in [1.82, 2.24) is 5.32 Å². The molecule has 1 rings (SSSR count). The first-order chi connectivity index (χ1) is 7.81. The quantitative estimate of drug-likeness (QED) is 0.717. The molecule has 0 aromatic heterocycles. The van der Waals surface area contributed by atoms with Crippen molar-refractivity contribution in [3.05, 3.63) is 36.4 Å². The maximum Gasteiger partial charge on any atom is 0.161 e. The Balaban J connectivity index is 2.78. The molecule has 0 amide bonds. The van der Waals surface area contributed by atoms with Crippen molar-refractivity contribution in [3.63, 3.8) is 0 Å². The molecule has 0 atom stereocenters. The van der Waals surface area contributed by atoms with Crippen molar-refractivity contribution < 1.29 is 9.47 Å². The highest BCUT2D eigenvalue weighted by molar-refractivity contribution is 5.43. The van der Waals surface area contributed by atoms with Crippen molar-refractivity contribution in [3.8, 4) is 11.5 Å². The number of hydrogen-bond donors (Lipinski definition) is 1. The Kier molecular flexibility index (Phi) is 5.43. The molecule has 0 spiro atoms. The first-order valence-corrected chi connectivity index (χ1v) is 5.43. The highest BCUT2D eigenvalue weighted by atomic mass is 16.5. The first kappa shape index (κ1) is 12.6. The number of nitrogens with one attached hydrogen (secondary N) is 1. The fourth-order valence-corrected chi connectivity index (χ4v) is 1.36. The van der Waals surface area contributed by atoms with E-state index in [0.29, 0.717) is 6.61 Å². The Hall–Kier alpha value is -1.48. The highest BCUT2D eigenvalue weighted by Gasteiger charge is 2.04. The Morgan fingerprint density at radius 2 is 2.19 bits per heavy atom. The van der Waals surface area contributed by atoms with Gasteiger partial charge in [-0.2, -0.15) is 0 Å². The summed E-state index contributed by atoms with van der Waals surface area (Å²) in [6.45, 7) is 7.99.